The van der Waals surface area contributed by atoms with Crippen molar-refractivity contribution >= 4 is 15.9 Å². The molecule has 0 saturated heterocycles. The SMILES string of the molecule is COc1cc(CNC2CCCC2)cc(Br)c1OC(C)CO. The Labute approximate surface area is 135 Å². The summed E-state index contributed by atoms with van der Waals surface area (Å²) in [5, 5.41) is 12.7. The minimum atomic E-state index is -0.266. The van der Waals surface area contributed by atoms with E-state index >= 15 is 0 Å². The van der Waals surface area contributed by atoms with Gasteiger partial charge in [-0.2, -0.15) is 0 Å². The Morgan fingerprint density at radius 3 is 2.71 bits per heavy atom. The van der Waals surface area contributed by atoms with Gasteiger partial charge in [-0.3, -0.25) is 0 Å². The van der Waals surface area contributed by atoms with Crippen LogP contribution in [0.2, 0.25) is 0 Å². The zero-order valence-electron chi connectivity index (χ0n) is 12.7. The predicted octanol–water partition coefficient (Wildman–Crippen LogP) is 3.25. The molecule has 1 saturated carbocycles. The van der Waals surface area contributed by atoms with Crippen LogP contribution in [0.5, 0.6) is 11.5 Å². The Morgan fingerprint density at radius 2 is 2.10 bits per heavy atom. The molecule has 1 atom stereocenters. The summed E-state index contributed by atoms with van der Waals surface area (Å²) < 4.78 is 12.0. The number of aliphatic hydroxyl groups excluding tert-OH is 1. The molecule has 0 amide bonds. The maximum Gasteiger partial charge on any atom is 0.175 e. The van der Waals surface area contributed by atoms with Gasteiger partial charge < -0.3 is 19.9 Å². The molecule has 2 N–H and O–H groups in total. The van der Waals surface area contributed by atoms with E-state index in [1.54, 1.807) is 7.11 Å². The first-order valence-corrected chi connectivity index (χ1v) is 8.30. The van der Waals surface area contributed by atoms with Crippen molar-refractivity contribution in [1.29, 1.82) is 0 Å². The van der Waals surface area contributed by atoms with Gasteiger partial charge in [0.2, 0.25) is 0 Å². The van der Waals surface area contributed by atoms with Crippen molar-refractivity contribution in [2.75, 3.05) is 13.7 Å². The quantitative estimate of drug-likeness (QED) is 0.786. The molecule has 1 fully saturated rings. The third-order valence-electron chi connectivity index (χ3n) is 3.82. The number of hydrogen-bond donors (Lipinski definition) is 2. The molecule has 118 valence electrons. The fraction of sp³-hybridized carbons (Fsp3) is 0.625. The summed E-state index contributed by atoms with van der Waals surface area (Å²) in [4.78, 5) is 0. The van der Waals surface area contributed by atoms with Crippen LogP contribution in [-0.2, 0) is 6.54 Å². The van der Waals surface area contributed by atoms with Gasteiger partial charge in [0, 0.05) is 12.6 Å². The van der Waals surface area contributed by atoms with E-state index in [4.69, 9.17) is 14.6 Å². The third kappa shape index (κ3) is 4.59. The number of halogens is 1. The van der Waals surface area contributed by atoms with Crippen LogP contribution in [0.3, 0.4) is 0 Å². The molecule has 5 heteroatoms. The van der Waals surface area contributed by atoms with Gasteiger partial charge >= 0.3 is 0 Å². The van der Waals surface area contributed by atoms with E-state index < -0.39 is 0 Å². The molecular formula is C16H24BrNO3. The molecule has 1 aromatic carbocycles. The zero-order valence-corrected chi connectivity index (χ0v) is 14.3. The van der Waals surface area contributed by atoms with Crippen LogP contribution in [0.25, 0.3) is 0 Å². The second-order valence-electron chi connectivity index (χ2n) is 5.58. The molecule has 1 unspecified atom stereocenters. The van der Waals surface area contributed by atoms with E-state index in [0.717, 1.165) is 16.6 Å². The number of nitrogens with one attached hydrogen (secondary N) is 1. The monoisotopic (exact) mass is 357 g/mol. The molecule has 0 aliphatic heterocycles. The Bertz CT molecular complexity index is 461. The lowest BCUT2D eigenvalue weighted by Gasteiger charge is -2.18. The zero-order chi connectivity index (χ0) is 15.2. The van der Waals surface area contributed by atoms with Gasteiger partial charge in [0.1, 0.15) is 6.10 Å². The molecule has 21 heavy (non-hydrogen) atoms. The fourth-order valence-corrected chi connectivity index (χ4v) is 3.20. The molecule has 4 nitrogen and oxygen atoms in total. The summed E-state index contributed by atoms with van der Waals surface area (Å²) in [7, 11) is 1.63. The number of ether oxygens (including phenoxy) is 2. The Morgan fingerprint density at radius 1 is 1.38 bits per heavy atom. The van der Waals surface area contributed by atoms with Crippen LogP contribution in [-0.4, -0.2) is 31.0 Å². The van der Waals surface area contributed by atoms with E-state index in [1.165, 1.54) is 25.7 Å². The van der Waals surface area contributed by atoms with E-state index in [1.807, 2.05) is 19.1 Å². The lowest BCUT2D eigenvalue weighted by Crippen LogP contribution is -2.25. The van der Waals surface area contributed by atoms with Gasteiger partial charge in [-0.15, -0.1) is 0 Å². The topological polar surface area (TPSA) is 50.7 Å². The second-order valence-corrected chi connectivity index (χ2v) is 6.44. The van der Waals surface area contributed by atoms with Gasteiger partial charge in [0.25, 0.3) is 0 Å². The summed E-state index contributed by atoms with van der Waals surface area (Å²) in [6, 6.07) is 4.68. The number of rotatable bonds is 7. The van der Waals surface area contributed by atoms with Gasteiger partial charge in [-0.25, -0.2) is 0 Å². The van der Waals surface area contributed by atoms with Crippen LogP contribution in [0.15, 0.2) is 16.6 Å². The molecule has 2 rings (SSSR count). The number of benzene rings is 1. The largest absolute Gasteiger partial charge is 0.493 e. The molecule has 1 aromatic rings. The van der Waals surface area contributed by atoms with Crippen molar-refractivity contribution in [3.05, 3.63) is 22.2 Å². The van der Waals surface area contributed by atoms with E-state index in [-0.39, 0.29) is 12.7 Å². The van der Waals surface area contributed by atoms with Crippen LogP contribution in [0.4, 0.5) is 0 Å². The first kappa shape index (κ1) is 16.6. The minimum Gasteiger partial charge on any atom is -0.493 e. The van der Waals surface area contributed by atoms with E-state index in [2.05, 4.69) is 21.2 Å². The summed E-state index contributed by atoms with van der Waals surface area (Å²) in [5.74, 6) is 1.33. The highest BCUT2D eigenvalue weighted by molar-refractivity contribution is 9.10. The minimum absolute atomic E-state index is 0.0272. The number of hydrogen-bond acceptors (Lipinski definition) is 4. The molecule has 0 bridgehead atoms. The molecule has 1 aliphatic rings. The number of aliphatic hydroxyl groups is 1. The van der Waals surface area contributed by atoms with Crippen molar-refractivity contribution in [3.63, 3.8) is 0 Å². The smallest absolute Gasteiger partial charge is 0.175 e. The lowest BCUT2D eigenvalue weighted by molar-refractivity contribution is 0.125. The third-order valence-corrected chi connectivity index (χ3v) is 4.40. The molecule has 0 spiro atoms. The molecule has 1 aliphatic carbocycles. The van der Waals surface area contributed by atoms with Crippen LogP contribution in [0, 0.1) is 0 Å². The van der Waals surface area contributed by atoms with Crippen molar-refractivity contribution in [2.45, 2.75) is 51.3 Å². The second kappa shape index (κ2) is 8.01. The standard InChI is InChI=1S/C16H24BrNO3/c1-11(10-19)21-16-14(17)7-12(8-15(16)20-2)9-18-13-5-3-4-6-13/h7-8,11,13,18-19H,3-6,9-10H2,1-2H3. The van der Waals surface area contributed by atoms with Gasteiger partial charge in [-0.05, 0) is 53.4 Å². The summed E-state index contributed by atoms with van der Waals surface area (Å²) in [5.41, 5.74) is 1.16. The highest BCUT2D eigenvalue weighted by Gasteiger charge is 2.17. The first-order valence-electron chi connectivity index (χ1n) is 7.51. The lowest BCUT2D eigenvalue weighted by atomic mass is 10.1. The maximum atomic E-state index is 9.12. The Kier molecular flexibility index (Phi) is 6.33. The maximum absolute atomic E-state index is 9.12. The summed E-state index contributed by atoms with van der Waals surface area (Å²) >= 11 is 3.54. The molecule has 0 heterocycles. The van der Waals surface area contributed by atoms with Gasteiger partial charge in [-0.1, -0.05) is 12.8 Å². The molecule has 0 aromatic heterocycles. The van der Waals surface area contributed by atoms with Gasteiger partial charge in [0.15, 0.2) is 11.5 Å². The predicted molar refractivity (Wildman–Crippen MR) is 87.0 cm³/mol. The van der Waals surface area contributed by atoms with E-state index in [0.29, 0.717) is 17.5 Å². The first-order chi connectivity index (χ1) is 10.1. The number of methoxy groups -OCH3 is 1. The van der Waals surface area contributed by atoms with Crippen LogP contribution < -0.4 is 14.8 Å². The van der Waals surface area contributed by atoms with Gasteiger partial charge in [0.05, 0.1) is 18.2 Å². The fourth-order valence-electron chi connectivity index (χ4n) is 2.62. The highest BCUT2D eigenvalue weighted by Crippen LogP contribution is 2.37. The average Bonchev–Trinajstić information content (AvgIpc) is 3.00. The summed E-state index contributed by atoms with van der Waals surface area (Å²) in [6.45, 7) is 2.62. The molecule has 0 radical (unpaired) electrons. The van der Waals surface area contributed by atoms with E-state index in [9.17, 15) is 0 Å². The Hall–Kier alpha value is -0.780. The normalized spacial score (nSPS) is 17.0. The van der Waals surface area contributed by atoms with Crippen molar-refractivity contribution in [1.82, 2.24) is 5.32 Å². The van der Waals surface area contributed by atoms with Crippen LogP contribution in [0.1, 0.15) is 38.2 Å². The summed E-state index contributed by atoms with van der Waals surface area (Å²) in [6.07, 6.45) is 4.94. The highest BCUT2D eigenvalue weighted by atomic mass is 79.9. The molecular weight excluding hydrogens is 334 g/mol. The average molecular weight is 358 g/mol. The van der Waals surface area contributed by atoms with Crippen LogP contribution >= 0.6 is 15.9 Å². The Balaban J connectivity index is 2.07. The van der Waals surface area contributed by atoms with Crippen molar-refractivity contribution in [2.24, 2.45) is 0 Å². The van der Waals surface area contributed by atoms with Crippen molar-refractivity contribution < 1.29 is 14.6 Å². The van der Waals surface area contributed by atoms with Crippen molar-refractivity contribution in [3.8, 4) is 11.5 Å².